The van der Waals surface area contributed by atoms with E-state index < -0.39 is 73.7 Å². The van der Waals surface area contributed by atoms with Gasteiger partial charge in [0.2, 0.25) is 0 Å². The lowest BCUT2D eigenvalue weighted by Gasteiger charge is -2.27. The molecule has 0 saturated carbocycles. The van der Waals surface area contributed by atoms with Crippen LogP contribution < -0.4 is 15.9 Å². The summed E-state index contributed by atoms with van der Waals surface area (Å²) in [6.07, 6.45) is -3.50. The smallest absolute Gasteiger partial charge is 0.461 e. The van der Waals surface area contributed by atoms with Crippen LogP contribution in [0.4, 0.5) is 0 Å². The van der Waals surface area contributed by atoms with Crippen LogP contribution in [0.15, 0.2) is 46.2 Å². The predicted octanol–water partition coefficient (Wildman–Crippen LogP) is 2.18. The molecule has 39 heavy (non-hydrogen) atoms. The number of halogens is 2. The van der Waals surface area contributed by atoms with E-state index in [-0.39, 0.29) is 5.75 Å². The van der Waals surface area contributed by atoms with Gasteiger partial charge in [0, 0.05) is 11.3 Å². The number of aliphatic hydroxyl groups is 1. The van der Waals surface area contributed by atoms with Crippen LogP contribution in [0.3, 0.4) is 0 Å². The highest BCUT2D eigenvalue weighted by Gasteiger charge is 2.57. The fourth-order valence-electron chi connectivity index (χ4n) is 3.65. The summed E-state index contributed by atoms with van der Waals surface area (Å²) in [5.74, 6) is 0.749. The molecule has 2 heterocycles. The van der Waals surface area contributed by atoms with E-state index in [9.17, 15) is 24.1 Å². The van der Waals surface area contributed by atoms with Gasteiger partial charge in [0.15, 0.2) is 17.2 Å². The average Bonchev–Trinajstić information content (AvgIpc) is 3.14. The first-order valence-corrected chi connectivity index (χ1v) is 13.8. The van der Waals surface area contributed by atoms with E-state index in [1.807, 2.05) is 4.98 Å². The Morgan fingerprint density at radius 1 is 1.31 bits per heavy atom. The number of esters is 1. The molecule has 1 aromatic carbocycles. The van der Waals surface area contributed by atoms with Crippen LogP contribution in [-0.4, -0.2) is 62.0 Å². The maximum absolute atomic E-state index is 13.7. The van der Waals surface area contributed by atoms with Crippen LogP contribution in [0, 0.1) is 17.2 Å². The highest BCUT2D eigenvalue weighted by atomic mass is 35.5. The second-order valence-electron chi connectivity index (χ2n) is 8.57. The van der Waals surface area contributed by atoms with Crippen molar-refractivity contribution in [2.24, 2.45) is 5.92 Å². The Bertz CT molecular complexity index is 1380. The molecule has 0 amide bonds. The second-order valence-corrected chi connectivity index (χ2v) is 10.9. The zero-order valence-electron chi connectivity index (χ0n) is 21.0. The predicted molar refractivity (Wildman–Crippen MR) is 138 cm³/mol. The molecule has 0 aliphatic carbocycles. The molecule has 1 fully saturated rings. The number of carbonyl (C=O) groups excluding carboxylic acids is 1. The lowest BCUT2D eigenvalue weighted by atomic mass is 9.89. The zero-order valence-corrected chi connectivity index (χ0v) is 23.4. The molecule has 1 aliphatic rings. The molecule has 0 bridgehead atoms. The molecule has 13 nitrogen and oxygen atoms in total. The van der Waals surface area contributed by atoms with Crippen LogP contribution in [0.1, 0.15) is 27.0 Å². The normalized spacial score (nSPS) is 24.8. The summed E-state index contributed by atoms with van der Waals surface area (Å²) in [5, 5.41) is 12.3. The molecule has 2 aromatic rings. The number of carbonyl (C=O) groups is 1. The van der Waals surface area contributed by atoms with Gasteiger partial charge in [-0.25, -0.2) is 18.9 Å². The Labute approximate surface area is 232 Å². The molecule has 0 radical (unpaired) electrons. The Morgan fingerprint density at radius 3 is 2.59 bits per heavy atom. The van der Waals surface area contributed by atoms with Crippen molar-refractivity contribution >= 4 is 37.0 Å². The maximum Gasteiger partial charge on any atom is 0.530 e. The van der Waals surface area contributed by atoms with Crippen LogP contribution >= 0.6 is 31.0 Å². The Hall–Kier alpha value is -2.69. The summed E-state index contributed by atoms with van der Waals surface area (Å²) >= 11 is 12.3. The number of phosphoric acid groups is 1. The average molecular weight is 606 g/mol. The quantitative estimate of drug-likeness (QED) is 0.167. The van der Waals surface area contributed by atoms with Gasteiger partial charge in [0.25, 0.3) is 0 Å². The summed E-state index contributed by atoms with van der Waals surface area (Å²) < 4.78 is 42.0. The molecule has 16 heteroatoms. The molecule has 2 N–H and O–H groups in total. The number of hydrogen-bond donors (Lipinski definition) is 2. The first-order valence-electron chi connectivity index (χ1n) is 11.6. The lowest BCUT2D eigenvalue weighted by molar-refractivity contribution is -0.155. The highest BCUT2D eigenvalue weighted by molar-refractivity contribution is 7.49. The SMILES string of the molecule is CC(C)OC(=O)[C@H](C)OP(=O)(OC[C@H]1O[C@@H](n2cnc(=O)[nH]c2=O)C(Cl)(C#CCl)C1CO)Oc1ccccc1. The Kier molecular flexibility index (Phi) is 10.4. The van der Waals surface area contributed by atoms with Gasteiger partial charge >= 0.3 is 25.2 Å². The first kappa shape index (κ1) is 30.8. The molecule has 0 spiro atoms. The number of nitrogens with one attached hydrogen (secondary N) is 1. The lowest BCUT2D eigenvalue weighted by Crippen LogP contribution is -2.43. The minimum absolute atomic E-state index is 0.111. The van der Waals surface area contributed by atoms with E-state index in [4.69, 9.17) is 46.2 Å². The number of aromatic amines is 1. The Morgan fingerprint density at radius 2 is 2.00 bits per heavy atom. The maximum atomic E-state index is 13.7. The van der Waals surface area contributed by atoms with Crippen LogP contribution in [0.5, 0.6) is 5.75 Å². The van der Waals surface area contributed by atoms with E-state index in [1.54, 1.807) is 32.0 Å². The minimum atomic E-state index is -4.55. The number of aromatic nitrogens is 3. The van der Waals surface area contributed by atoms with Gasteiger partial charge in [-0.15, -0.1) is 0 Å². The van der Waals surface area contributed by atoms with E-state index in [1.165, 1.54) is 19.1 Å². The third kappa shape index (κ3) is 7.49. The van der Waals surface area contributed by atoms with E-state index >= 15 is 0 Å². The van der Waals surface area contributed by atoms with Crippen molar-refractivity contribution in [2.45, 2.75) is 50.2 Å². The molecular weight excluding hydrogens is 580 g/mol. The van der Waals surface area contributed by atoms with Crippen molar-refractivity contribution in [2.75, 3.05) is 13.2 Å². The summed E-state index contributed by atoms with van der Waals surface area (Å²) in [6.45, 7) is 3.38. The van der Waals surface area contributed by atoms with Gasteiger partial charge in [0.05, 0.1) is 25.4 Å². The van der Waals surface area contributed by atoms with Gasteiger partial charge in [-0.05, 0) is 44.5 Å². The number of aliphatic hydroxyl groups excluding tert-OH is 1. The third-order valence-electron chi connectivity index (χ3n) is 5.42. The zero-order chi connectivity index (χ0) is 28.8. The minimum Gasteiger partial charge on any atom is -0.461 e. The fraction of sp³-hybridized carbons (Fsp3) is 0.478. The topological polar surface area (TPSA) is 168 Å². The number of alkyl halides is 1. The van der Waals surface area contributed by atoms with Crippen LogP contribution in [-0.2, 0) is 27.9 Å². The molecular formula is C23H26Cl2N3O10P. The van der Waals surface area contributed by atoms with Gasteiger partial charge < -0.3 is 19.1 Å². The summed E-state index contributed by atoms with van der Waals surface area (Å²) in [4.78, 5) is 39.8. The van der Waals surface area contributed by atoms with Crippen molar-refractivity contribution in [3.05, 3.63) is 57.6 Å². The number of H-pyrrole nitrogens is 1. The van der Waals surface area contributed by atoms with Crippen molar-refractivity contribution in [1.82, 2.24) is 14.5 Å². The third-order valence-corrected chi connectivity index (χ3v) is 7.55. The largest absolute Gasteiger partial charge is 0.530 e. The van der Waals surface area contributed by atoms with Crippen molar-refractivity contribution in [1.29, 1.82) is 0 Å². The van der Waals surface area contributed by atoms with Crippen LogP contribution in [0.25, 0.3) is 0 Å². The van der Waals surface area contributed by atoms with E-state index in [0.29, 0.717) is 0 Å². The molecule has 3 unspecified atom stereocenters. The molecule has 212 valence electrons. The second kappa shape index (κ2) is 13.1. The fourth-order valence-corrected chi connectivity index (χ4v) is 5.61. The first-order chi connectivity index (χ1) is 18.4. The number of hydrogen-bond acceptors (Lipinski definition) is 11. The van der Waals surface area contributed by atoms with Crippen molar-refractivity contribution in [3.8, 4) is 17.0 Å². The summed E-state index contributed by atoms with van der Waals surface area (Å²) in [7, 11) is -4.55. The summed E-state index contributed by atoms with van der Waals surface area (Å²) in [6, 6.07) is 7.91. The van der Waals surface area contributed by atoms with Crippen LogP contribution in [0.2, 0.25) is 0 Å². The van der Waals surface area contributed by atoms with Gasteiger partial charge in [0.1, 0.15) is 12.1 Å². The number of nitrogens with zero attached hydrogens (tertiary/aromatic N) is 2. The monoisotopic (exact) mass is 605 g/mol. The summed E-state index contributed by atoms with van der Waals surface area (Å²) in [5.41, 5.74) is -1.82. The van der Waals surface area contributed by atoms with Gasteiger partial charge in [-0.1, -0.05) is 35.7 Å². The van der Waals surface area contributed by atoms with Gasteiger partial charge in [-0.3, -0.25) is 18.6 Å². The molecule has 1 aliphatic heterocycles. The van der Waals surface area contributed by atoms with Gasteiger partial charge in [-0.2, -0.15) is 4.98 Å². The number of ether oxygens (including phenoxy) is 2. The standard InChI is InChI=1S/C23H26Cl2N3O10P/c1-14(2)35-19(30)15(3)37-39(33,38-16-7-5-4-6-8-16)34-12-18-17(11-29)23(25,9-10-24)20(36-18)28-13-26-21(31)27-22(28)32/h4-8,13-15,17-18,20,29H,11-12H2,1-3H3,(H,27,31,32)/t15-,17?,18+,20+,23?,39?/m0/s1. The molecule has 1 saturated heterocycles. The number of benzene rings is 1. The number of phosphoric ester groups is 1. The molecule has 1 aromatic heterocycles. The molecule has 3 rings (SSSR count). The number of para-hydroxylation sites is 1. The van der Waals surface area contributed by atoms with E-state index in [2.05, 4.69) is 16.3 Å². The Balaban J connectivity index is 1.90. The molecule has 6 atom stereocenters. The highest BCUT2D eigenvalue weighted by Crippen LogP contribution is 2.53. The van der Waals surface area contributed by atoms with Crippen molar-refractivity contribution < 1.29 is 37.5 Å². The van der Waals surface area contributed by atoms with Crippen molar-refractivity contribution in [3.63, 3.8) is 0 Å². The van der Waals surface area contributed by atoms with E-state index in [0.717, 1.165) is 10.9 Å². The number of rotatable bonds is 11.